The van der Waals surface area contributed by atoms with E-state index in [0.29, 0.717) is 12.3 Å². The van der Waals surface area contributed by atoms with E-state index >= 15 is 0 Å². The number of allylic oxidation sites excluding steroid dienone is 2. The zero-order chi connectivity index (χ0) is 13.5. The minimum atomic E-state index is -4.16. The van der Waals surface area contributed by atoms with Crippen LogP contribution in [0.3, 0.4) is 0 Å². The Morgan fingerprint density at radius 3 is 2.06 bits per heavy atom. The first-order chi connectivity index (χ1) is 7.73. The third-order valence-electron chi connectivity index (χ3n) is 2.33. The van der Waals surface area contributed by atoms with Gasteiger partial charge < -0.3 is 5.32 Å². The highest BCUT2D eigenvalue weighted by Crippen LogP contribution is 2.24. The van der Waals surface area contributed by atoms with Crippen LogP contribution in [0.25, 0.3) is 0 Å². The summed E-state index contributed by atoms with van der Waals surface area (Å²) >= 11 is 0. The lowest BCUT2D eigenvalue weighted by molar-refractivity contribution is -0.158. The lowest BCUT2D eigenvalue weighted by atomic mass is 10.1. The Morgan fingerprint density at radius 2 is 1.65 bits per heavy atom. The van der Waals surface area contributed by atoms with Crippen LogP contribution in [0.4, 0.5) is 13.2 Å². The molecule has 1 N–H and O–H groups in total. The van der Waals surface area contributed by atoms with Crippen molar-refractivity contribution in [1.29, 1.82) is 0 Å². The molecule has 0 saturated heterocycles. The van der Waals surface area contributed by atoms with E-state index in [1.54, 1.807) is 13.8 Å². The van der Waals surface area contributed by atoms with Gasteiger partial charge in [0.05, 0.1) is 0 Å². The molecule has 0 aliphatic heterocycles. The van der Waals surface area contributed by atoms with E-state index in [-0.39, 0.29) is 12.5 Å². The van der Waals surface area contributed by atoms with Crippen LogP contribution in [-0.4, -0.2) is 18.3 Å². The molecule has 1 atom stereocenters. The van der Waals surface area contributed by atoms with E-state index in [1.165, 1.54) is 0 Å². The Hall–Kier alpha value is -0.510. The summed E-state index contributed by atoms with van der Waals surface area (Å²) < 4.78 is 37.9. The van der Waals surface area contributed by atoms with Gasteiger partial charge in [-0.05, 0) is 25.2 Å². The lowest BCUT2D eigenvalue weighted by Crippen LogP contribution is -2.45. The van der Waals surface area contributed by atoms with Crippen LogP contribution in [-0.2, 0) is 0 Å². The van der Waals surface area contributed by atoms with Crippen molar-refractivity contribution in [3.05, 3.63) is 12.2 Å². The lowest BCUT2D eigenvalue weighted by Gasteiger charge is -2.23. The van der Waals surface area contributed by atoms with Crippen LogP contribution in [0.2, 0.25) is 0 Å². The molecule has 1 nitrogen and oxygen atoms in total. The second kappa shape index (κ2) is 7.75. The van der Waals surface area contributed by atoms with Crippen molar-refractivity contribution >= 4 is 0 Å². The molecular weight excluding hydrogens is 227 g/mol. The minimum absolute atomic E-state index is 0.107. The second-order valence-electron chi connectivity index (χ2n) is 5.09. The smallest absolute Gasteiger partial charge is 0.304 e. The van der Waals surface area contributed by atoms with E-state index in [0.717, 1.165) is 6.42 Å². The van der Waals surface area contributed by atoms with Crippen LogP contribution in [0.15, 0.2) is 12.2 Å². The highest BCUT2D eigenvalue weighted by molar-refractivity contribution is 4.86. The molecule has 0 aliphatic rings. The monoisotopic (exact) mass is 251 g/mol. The zero-order valence-electron chi connectivity index (χ0n) is 11.1. The molecule has 0 aromatic carbocycles. The highest BCUT2D eigenvalue weighted by atomic mass is 19.4. The van der Waals surface area contributed by atoms with E-state index in [4.69, 9.17) is 0 Å². The Labute approximate surface area is 102 Å². The fourth-order valence-electron chi connectivity index (χ4n) is 1.49. The summed E-state index contributed by atoms with van der Waals surface area (Å²) in [4.78, 5) is 0. The maximum absolute atomic E-state index is 12.6. The maximum atomic E-state index is 12.6. The van der Waals surface area contributed by atoms with E-state index in [9.17, 15) is 13.2 Å². The van der Waals surface area contributed by atoms with E-state index in [2.05, 4.69) is 19.2 Å². The van der Waals surface area contributed by atoms with Crippen molar-refractivity contribution < 1.29 is 13.2 Å². The van der Waals surface area contributed by atoms with E-state index in [1.807, 2.05) is 12.2 Å². The molecule has 0 spiro atoms. The van der Waals surface area contributed by atoms with Gasteiger partial charge in [0.15, 0.2) is 0 Å². The van der Waals surface area contributed by atoms with Gasteiger partial charge in [-0.1, -0.05) is 39.8 Å². The van der Waals surface area contributed by atoms with Crippen LogP contribution in [0.1, 0.15) is 47.0 Å². The van der Waals surface area contributed by atoms with Gasteiger partial charge in [-0.3, -0.25) is 0 Å². The van der Waals surface area contributed by atoms with Crippen molar-refractivity contribution in [1.82, 2.24) is 5.32 Å². The molecule has 0 aromatic rings. The van der Waals surface area contributed by atoms with Gasteiger partial charge >= 0.3 is 6.18 Å². The normalized spacial score (nSPS) is 15.1. The summed E-state index contributed by atoms with van der Waals surface area (Å²) in [5.74, 6) is 0.554. The highest BCUT2D eigenvalue weighted by Gasteiger charge is 2.38. The maximum Gasteiger partial charge on any atom is 0.403 e. The summed E-state index contributed by atoms with van der Waals surface area (Å²) in [7, 11) is 0. The summed E-state index contributed by atoms with van der Waals surface area (Å²) in [6, 6.07) is -1.55. The topological polar surface area (TPSA) is 12.0 Å². The fraction of sp³-hybridized carbons (Fsp3) is 0.846. The molecular formula is C13H24F3N. The van der Waals surface area contributed by atoms with Crippen LogP contribution in [0.5, 0.6) is 0 Å². The van der Waals surface area contributed by atoms with Gasteiger partial charge in [0.1, 0.15) is 6.04 Å². The SMILES string of the molecule is CC(C)C/C=C\CCC(NC(C)C)C(F)(F)F. The molecule has 102 valence electrons. The number of rotatable bonds is 7. The number of hydrogen-bond acceptors (Lipinski definition) is 1. The summed E-state index contributed by atoms with van der Waals surface area (Å²) in [5.41, 5.74) is 0. The van der Waals surface area contributed by atoms with Crippen molar-refractivity contribution in [2.45, 2.75) is 65.2 Å². The minimum Gasteiger partial charge on any atom is -0.304 e. The van der Waals surface area contributed by atoms with Crippen molar-refractivity contribution in [3.63, 3.8) is 0 Å². The standard InChI is InChI=1S/C13H24F3N/c1-10(2)8-6-5-7-9-12(13(14,15)16)17-11(3)4/h5-6,10-12,17H,7-9H2,1-4H3/b6-5-. The van der Waals surface area contributed by atoms with Gasteiger partial charge in [0, 0.05) is 6.04 Å². The first-order valence-electron chi connectivity index (χ1n) is 6.21. The number of nitrogens with one attached hydrogen (secondary N) is 1. The average Bonchev–Trinajstić information content (AvgIpc) is 2.12. The second-order valence-corrected chi connectivity index (χ2v) is 5.09. The van der Waals surface area contributed by atoms with Gasteiger partial charge in [0.25, 0.3) is 0 Å². The van der Waals surface area contributed by atoms with Gasteiger partial charge in [-0.2, -0.15) is 13.2 Å². The molecule has 4 heteroatoms. The largest absolute Gasteiger partial charge is 0.403 e. The zero-order valence-corrected chi connectivity index (χ0v) is 11.1. The Balaban J connectivity index is 4.05. The first kappa shape index (κ1) is 16.5. The molecule has 0 fully saturated rings. The summed E-state index contributed by atoms with van der Waals surface area (Å²) in [5, 5.41) is 2.56. The molecule has 0 heterocycles. The molecule has 0 rings (SSSR count). The molecule has 1 unspecified atom stereocenters. The summed E-state index contributed by atoms with van der Waals surface area (Å²) in [6.07, 6.45) is 1.16. The number of alkyl halides is 3. The first-order valence-corrected chi connectivity index (χ1v) is 6.21. The fourth-order valence-corrected chi connectivity index (χ4v) is 1.49. The van der Waals surface area contributed by atoms with Gasteiger partial charge in [-0.25, -0.2) is 0 Å². The predicted octanol–water partition coefficient (Wildman–Crippen LogP) is 4.30. The Bertz CT molecular complexity index is 219. The average molecular weight is 251 g/mol. The Morgan fingerprint density at radius 1 is 1.06 bits per heavy atom. The van der Waals surface area contributed by atoms with Crippen LogP contribution >= 0.6 is 0 Å². The molecule has 0 saturated carbocycles. The van der Waals surface area contributed by atoms with Crippen molar-refractivity contribution in [2.75, 3.05) is 0 Å². The number of halogens is 3. The van der Waals surface area contributed by atoms with Crippen LogP contribution < -0.4 is 5.32 Å². The van der Waals surface area contributed by atoms with Crippen LogP contribution in [0, 0.1) is 5.92 Å². The number of hydrogen-bond donors (Lipinski definition) is 1. The van der Waals surface area contributed by atoms with Crippen molar-refractivity contribution in [3.8, 4) is 0 Å². The van der Waals surface area contributed by atoms with Gasteiger partial charge in [0.2, 0.25) is 0 Å². The molecule has 0 amide bonds. The van der Waals surface area contributed by atoms with E-state index < -0.39 is 12.2 Å². The summed E-state index contributed by atoms with van der Waals surface area (Å²) in [6.45, 7) is 7.63. The quantitative estimate of drug-likeness (QED) is 0.665. The third kappa shape index (κ3) is 9.22. The molecule has 0 bridgehead atoms. The third-order valence-corrected chi connectivity index (χ3v) is 2.33. The molecule has 17 heavy (non-hydrogen) atoms. The van der Waals surface area contributed by atoms with Crippen molar-refractivity contribution in [2.24, 2.45) is 5.92 Å². The molecule has 0 aromatic heterocycles. The predicted molar refractivity (Wildman–Crippen MR) is 65.9 cm³/mol. The molecule has 0 radical (unpaired) electrons. The van der Waals surface area contributed by atoms with Gasteiger partial charge in [-0.15, -0.1) is 0 Å². The Kier molecular flexibility index (Phi) is 7.51. The molecule has 0 aliphatic carbocycles.